The van der Waals surface area contributed by atoms with E-state index >= 15 is 0 Å². The molecule has 0 amide bonds. The smallest absolute Gasteiger partial charge is 0.224 e. The largest absolute Gasteiger partial charge is 0.353 e. The van der Waals surface area contributed by atoms with Gasteiger partial charge in [-0.25, -0.2) is 4.98 Å². The lowest BCUT2D eigenvalue weighted by Crippen LogP contribution is -2.21. The van der Waals surface area contributed by atoms with E-state index in [1.54, 1.807) is 0 Å². The van der Waals surface area contributed by atoms with Crippen LogP contribution in [0.25, 0.3) is 0 Å². The zero-order valence-corrected chi connectivity index (χ0v) is 14.2. The molecule has 2 rings (SSSR count). The van der Waals surface area contributed by atoms with Crippen LogP contribution in [0.1, 0.15) is 11.3 Å². The summed E-state index contributed by atoms with van der Waals surface area (Å²) in [4.78, 5) is 11.0. The van der Waals surface area contributed by atoms with Crippen LogP contribution in [0.5, 0.6) is 0 Å². The number of aryl methyl sites for hydroxylation is 2. The summed E-state index contributed by atoms with van der Waals surface area (Å²) in [5.41, 5.74) is 2.87. The Kier molecular flexibility index (Phi) is 5.57. The summed E-state index contributed by atoms with van der Waals surface area (Å²) in [5.74, 6) is 1.38. The highest BCUT2D eigenvalue weighted by Crippen LogP contribution is 2.23. The minimum atomic E-state index is 0.627. The number of hydrogen-bond donors (Lipinski definition) is 2. The van der Waals surface area contributed by atoms with E-state index in [0.29, 0.717) is 5.95 Å². The van der Waals surface area contributed by atoms with Gasteiger partial charge in [0.1, 0.15) is 5.82 Å². The van der Waals surface area contributed by atoms with Crippen LogP contribution in [0.15, 0.2) is 24.3 Å². The second-order valence-electron chi connectivity index (χ2n) is 5.54. The summed E-state index contributed by atoms with van der Waals surface area (Å²) in [6.07, 6.45) is 0. The molecule has 118 valence electrons. The first-order chi connectivity index (χ1) is 10.4. The maximum atomic E-state index is 6.15. The molecular weight excluding hydrogens is 298 g/mol. The average Bonchev–Trinajstić information content (AvgIpc) is 2.42. The third-order valence-electron chi connectivity index (χ3n) is 3.14. The summed E-state index contributed by atoms with van der Waals surface area (Å²) >= 11 is 6.15. The Hall–Kier alpha value is -1.85. The Bertz CT molecular complexity index is 642. The predicted molar refractivity (Wildman–Crippen MR) is 93.3 cm³/mol. The molecule has 1 aromatic heterocycles. The van der Waals surface area contributed by atoms with Crippen molar-refractivity contribution in [3.8, 4) is 0 Å². The normalized spacial score (nSPS) is 10.8. The van der Waals surface area contributed by atoms with E-state index in [2.05, 4.69) is 25.5 Å². The van der Waals surface area contributed by atoms with E-state index in [1.165, 1.54) is 0 Å². The number of aromatic nitrogens is 2. The monoisotopic (exact) mass is 319 g/mol. The quantitative estimate of drug-likeness (QED) is 0.854. The second kappa shape index (κ2) is 7.42. The van der Waals surface area contributed by atoms with Gasteiger partial charge < -0.3 is 15.5 Å². The van der Waals surface area contributed by atoms with Gasteiger partial charge in [0.2, 0.25) is 5.95 Å². The summed E-state index contributed by atoms with van der Waals surface area (Å²) in [7, 11) is 4.07. The van der Waals surface area contributed by atoms with Crippen LogP contribution in [0.4, 0.5) is 17.5 Å². The van der Waals surface area contributed by atoms with E-state index in [-0.39, 0.29) is 0 Å². The number of anilines is 3. The van der Waals surface area contributed by atoms with Gasteiger partial charge in [0.15, 0.2) is 0 Å². The topological polar surface area (TPSA) is 53.1 Å². The molecule has 1 aromatic carbocycles. The van der Waals surface area contributed by atoms with E-state index in [1.807, 2.05) is 52.2 Å². The second-order valence-corrected chi connectivity index (χ2v) is 5.94. The molecule has 0 aliphatic rings. The first kappa shape index (κ1) is 16.5. The Labute approximate surface area is 136 Å². The van der Waals surface area contributed by atoms with Crippen molar-refractivity contribution in [3.63, 3.8) is 0 Å². The number of likely N-dealkylation sites (N-methyl/N-ethyl adjacent to an activating group) is 1. The predicted octanol–water partition coefficient (Wildman–Crippen LogP) is 3.46. The van der Waals surface area contributed by atoms with Crippen LogP contribution in [-0.2, 0) is 0 Å². The van der Waals surface area contributed by atoms with Gasteiger partial charge in [0, 0.05) is 35.6 Å². The van der Waals surface area contributed by atoms with Gasteiger partial charge in [0.05, 0.1) is 0 Å². The summed E-state index contributed by atoms with van der Waals surface area (Å²) in [6.45, 7) is 5.65. The van der Waals surface area contributed by atoms with Gasteiger partial charge in [-0.2, -0.15) is 4.98 Å². The number of halogens is 1. The van der Waals surface area contributed by atoms with Crippen molar-refractivity contribution in [1.82, 2.24) is 14.9 Å². The molecular formula is C16H22ClN5. The molecule has 2 aromatic rings. The van der Waals surface area contributed by atoms with Gasteiger partial charge in [-0.3, -0.25) is 0 Å². The van der Waals surface area contributed by atoms with Crippen molar-refractivity contribution in [2.75, 3.05) is 37.8 Å². The highest BCUT2D eigenvalue weighted by atomic mass is 35.5. The molecule has 2 N–H and O–H groups in total. The van der Waals surface area contributed by atoms with Crippen molar-refractivity contribution in [2.24, 2.45) is 0 Å². The minimum absolute atomic E-state index is 0.627. The fraction of sp³-hybridized carbons (Fsp3) is 0.375. The standard InChI is InChI=1S/C16H22ClN5/c1-11-5-6-13(10-14(11)17)20-15-9-12(2)19-16(21-15)18-7-8-22(3)4/h5-6,9-10H,7-8H2,1-4H3,(H2,18,19,20,21). The zero-order valence-electron chi connectivity index (χ0n) is 13.4. The zero-order chi connectivity index (χ0) is 16.1. The van der Waals surface area contributed by atoms with Gasteiger partial charge in [-0.15, -0.1) is 0 Å². The molecule has 0 saturated carbocycles. The summed E-state index contributed by atoms with van der Waals surface area (Å²) in [5, 5.41) is 7.24. The maximum absolute atomic E-state index is 6.15. The Balaban J connectivity index is 2.10. The van der Waals surface area contributed by atoms with Crippen LogP contribution in [-0.4, -0.2) is 42.1 Å². The fourth-order valence-electron chi connectivity index (χ4n) is 1.92. The number of benzene rings is 1. The minimum Gasteiger partial charge on any atom is -0.353 e. The first-order valence-corrected chi connectivity index (χ1v) is 7.59. The molecule has 0 unspecified atom stereocenters. The molecule has 0 atom stereocenters. The highest BCUT2D eigenvalue weighted by Gasteiger charge is 2.04. The van der Waals surface area contributed by atoms with Crippen LogP contribution in [0.3, 0.4) is 0 Å². The van der Waals surface area contributed by atoms with Gasteiger partial charge >= 0.3 is 0 Å². The molecule has 0 radical (unpaired) electrons. The highest BCUT2D eigenvalue weighted by molar-refractivity contribution is 6.31. The van der Waals surface area contributed by atoms with Crippen LogP contribution in [0, 0.1) is 13.8 Å². The van der Waals surface area contributed by atoms with Crippen LogP contribution >= 0.6 is 11.6 Å². The SMILES string of the molecule is Cc1cc(Nc2ccc(C)c(Cl)c2)nc(NCCN(C)C)n1. The van der Waals surface area contributed by atoms with E-state index in [9.17, 15) is 0 Å². The van der Waals surface area contributed by atoms with Gasteiger partial charge in [0.25, 0.3) is 0 Å². The van der Waals surface area contributed by atoms with Crippen molar-refractivity contribution >= 4 is 29.1 Å². The third kappa shape index (κ3) is 4.86. The molecule has 5 nitrogen and oxygen atoms in total. The molecule has 22 heavy (non-hydrogen) atoms. The lowest BCUT2D eigenvalue weighted by molar-refractivity contribution is 0.425. The first-order valence-electron chi connectivity index (χ1n) is 7.21. The number of nitrogens with zero attached hydrogens (tertiary/aromatic N) is 3. The van der Waals surface area contributed by atoms with E-state index < -0.39 is 0 Å². The Morgan fingerprint density at radius 3 is 2.59 bits per heavy atom. The van der Waals surface area contributed by atoms with Crippen LogP contribution < -0.4 is 10.6 Å². The summed E-state index contributed by atoms with van der Waals surface area (Å²) < 4.78 is 0. The number of rotatable bonds is 6. The third-order valence-corrected chi connectivity index (χ3v) is 3.55. The average molecular weight is 320 g/mol. The Morgan fingerprint density at radius 2 is 1.91 bits per heavy atom. The maximum Gasteiger partial charge on any atom is 0.224 e. The molecule has 0 aliphatic heterocycles. The Morgan fingerprint density at radius 1 is 1.14 bits per heavy atom. The van der Waals surface area contributed by atoms with Gasteiger partial charge in [-0.05, 0) is 45.6 Å². The fourth-order valence-corrected chi connectivity index (χ4v) is 2.10. The molecule has 0 saturated heterocycles. The van der Waals surface area contributed by atoms with Crippen LogP contribution in [0.2, 0.25) is 5.02 Å². The van der Waals surface area contributed by atoms with Crippen molar-refractivity contribution in [3.05, 3.63) is 40.5 Å². The molecule has 6 heteroatoms. The van der Waals surface area contributed by atoms with E-state index in [0.717, 1.165) is 40.9 Å². The van der Waals surface area contributed by atoms with Gasteiger partial charge in [-0.1, -0.05) is 17.7 Å². The van der Waals surface area contributed by atoms with Crippen molar-refractivity contribution < 1.29 is 0 Å². The lowest BCUT2D eigenvalue weighted by Gasteiger charge is -2.12. The number of nitrogens with one attached hydrogen (secondary N) is 2. The van der Waals surface area contributed by atoms with E-state index in [4.69, 9.17) is 11.6 Å². The van der Waals surface area contributed by atoms with Crippen molar-refractivity contribution in [2.45, 2.75) is 13.8 Å². The molecule has 1 heterocycles. The molecule has 0 aliphatic carbocycles. The summed E-state index contributed by atoms with van der Waals surface area (Å²) in [6, 6.07) is 7.77. The molecule has 0 bridgehead atoms. The van der Waals surface area contributed by atoms with Crippen molar-refractivity contribution in [1.29, 1.82) is 0 Å². The number of hydrogen-bond acceptors (Lipinski definition) is 5. The molecule has 0 fully saturated rings. The molecule has 0 spiro atoms. The lowest BCUT2D eigenvalue weighted by atomic mass is 10.2.